The minimum atomic E-state index is -3.94. The molecular formula is C7H7ClF2N2O2. The third-order valence-electron chi connectivity index (χ3n) is 1.60. The molecule has 0 spiro atoms. The van der Waals surface area contributed by atoms with Crippen molar-refractivity contribution >= 4 is 17.4 Å². The van der Waals surface area contributed by atoms with E-state index in [1.807, 2.05) is 0 Å². The van der Waals surface area contributed by atoms with Gasteiger partial charge in [-0.2, -0.15) is 13.9 Å². The van der Waals surface area contributed by atoms with Crippen LogP contribution in [0.1, 0.15) is 10.5 Å². The summed E-state index contributed by atoms with van der Waals surface area (Å²) in [7, 11) is 2.60. The van der Waals surface area contributed by atoms with Crippen LogP contribution in [0.4, 0.5) is 8.78 Å². The zero-order valence-electron chi connectivity index (χ0n) is 7.42. The molecule has 0 atom stereocenters. The van der Waals surface area contributed by atoms with Crippen molar-refractivity contribution in [1.82, 2.24) is 9.78 Å². The van der Waals surface area contributed by atoms with Gasteiger partial charge in [-0.05, 0) is 11.6 Å². The predicted molar refractivity (Wildman–Crippen MR) is 44.9 cm³/mol. The van der Waals surface area contributed by atoms with Gasteiger partial charge in [-0.25, -0.2) is 0 Å². The van der Waals surface area contributed by atoms with Crippen molar-refractivity contribution < 1.29 is 18.3 Å². The monoisotopic (exact) mass is 224 g/mol. The van der Waals surface area contributed by atoms with Crippen LogP contribution in [0.3, 0.4) is 0 Å². The first-order valence-corrected chi connectivity index (χ1v) is 3.93. The summed E-state index contributed by atoms with van der Waals surface area (Å²) in [6, 6.07) is 0. The van der Waals surface area contributed by atoms with E-state index in [2.05, 4.69) is 21.4 Å². The van der Waals surface area contributed by atoms with Crippen LogP contribution in [-0.4, -0.2) is 28.1 Å². The number of halogens is 3. The van der Waals surface area contributed by atoms with E-state index in [1.165, 1.54) is 14.2 Å². The molecule has 14 heavy (non-hydrogen) atoms. The molecule has 0 saturated carbocycles. The molecule has 1 aromatic heterocycles. The molecule has 1 aromatic rings. The summed E-state index contributed by atoms with van der Waals surface area (Å²) in [4.78, 5) is 11.1. The van der Waals surface area contributed by atoms with Crippen molar-refractivity contribution in [2.75, 3.05) is 7.11 Å². The maximum Gasteiger partial charge on any atom is 0.386 e. The first kappa shape index (κ1) is 10.9. The van der Waals surface area contributed by atoms with E-state index in [1.54, 1.807) is 0 Å². The van der Waals surface area contributed by atoms with E-state index in [0.29, 0.717) is 0 Å². The van der Waals surface area contributed by atoms with Crippen molar-refractivity contribution in [3.8, 4) is 5.75 Å². The van der Waals surface area contributed by atoms with Crippen LogP contribution in [0.2, 0.25) is 0 Å². The van der Waals surface area contributed by atoms with Gasteiger partial charge in [-0.15, -0.1) is 0 Å². The number of carbonyl (C=O) groups excluding carboxylic acids is 1. The summed E-state index contributed by atoms with van der Waals surface area (Å²) in [6.45, 7) is 0. The minimum absolute atomic E-state index is 0.0298. The van der Waals surface area contributed by atoms with Crippen LogP contribution in [0.25, 0.3) is 0 Å². The summed E-state index contributed by atoms with van der Waals surface area (Å²) in [5.74, 6) is -1.56. The van der Waals surface area contributed by atoms with E-state index in [9.17, 15) is 13.6 Å². The van der Waals surface area contributed by atoms with Crippen LogP contribution in [0, 0.1) is 0 Å². The van der Waals surface area contributed by atoms with E-state index >= 15 is 0 Å². The maximum atomic E-state index is 12.5. The van der Waals surface area contributed by atoms with Crippen LogP contribution in [0.15, 0.2) is 6.20 Å². The van der Waals surface area contributed by atoms with Gasteiger partial charge in [0, 0.05) is 7.05 Å². The van der Waals surface area contributed by atoms with E-state index < -0.39 is 11.2 Å². The SMILES string of the molecule is COc1cnn(C)c1C(=O)C(F)(F)Cl. The number of Topliss-reactive ketones (excluding diaryl/α,β-unsaturated/α-hetero) is 1. The molecule has 0 aliphatic rings. The average Bonchev–Trinajstić information content (AvgIpc) is 2.43. The maximum absolute atomic E-state index is 12.5. The van der Waals surface area contributed by atoms with Gasteiger partial charge in [0.1, 0.15) is 0 Å². The topological polar surface area (TPSA) is 44.1 Å². The quantitative estimate of drug-likeness (QED) is 0.577. The van der Waals surface area contributed by atoms with Crippen LogP contribution in [0.5, 0.6) is 5.75 Å². The minimum Gasteiger partial charge on any atom is -0.493 e. The highest BCUT2D eigenvalue weighted by Gasteiger charge is 2.40. The summed E-state index contributed by atoms with van der Waals surface area (Å²) < 4.78 is 30.7. The van der Waals surface area contributed by atoms with E-state index in [0.717, 1.165) is 10.9 Å². The molecule has 1 rings (SSSR count). The number of ketones is 1. The van der Waals surface area contributed by atoms with Gasteiger partial charge in [0.05, 0.1) is 13.3 Å². The van der Waals surface area contributed by atoms with Gasteiger partial charge in [0.15, 0.2) is 11.4 Å². The third-order valence-corrected chi connectivity index (χ3v) is 1.77. The van der Waals surface area contributed by atoms with Crippen molar-refractivity contribution in [2.24, 2.45) is 7.05 Å². The fourth-order valence-electron chi connectivity index (χ4n) is 0.960. The van der Waals surface area contributed by atoms with Gasteiger partial charge >= 0.3 is 5.38 Å². The number of aryl methyl sites for hydroxylation is 1. The standard InChI is InChI=1S/C7H7ClF2N2O2/c1-12-5(4(14-2)3-11-12)6(13)7(8,9)10/h3H,1-2H3. The summed E-state index contributed by atoms with van der Waals surface area (Å²) in [6.07, 6.45) is 1.16. The highest BCUT2D eigenvalue weighted by molar-refractivity contribution is 6.35. The molecule has 0 saturated heterocycles. The molecule has 1 heterocycles. The number of alkyl halides is 3. The first-order valence-electron chi connectivity index (χ1n) is 3.55. The lowest BCUT2D eigenvalue weighted by molar-refractivity contribution is 0.0522. The fourth-order valence-corrected chi connectivity index (χ4v) is 1.05. The molecular weight excluding hydrogens is 218 g/mol. The molecule has 0 aliphatic carbocycles. The number of hydrogen-bond acceptors (Lipinski definition) is 3. The molecule has 0 radical (unpaired) electrons. The van der Waals surface area contributed by atoms with Crippen molar-refractivity contribution in [3.63, 3.8) is 0 Å². The molecule has 0 fully saturated rings. The van der Waals surface area contributed by atoms with Crippen LogP contribution in [-0.2, 0) is 7.05 Å². The van der Waals surface area contributed by atoms with Crippen molar-refractivity contribution in [1.29, 1.82) is 0 Å². The molecule has 0 bridgehead atoms. The van der Waals surface area contributed by atoms with Gasteiger partial charge < -0.3 is 4.74 Å². The van der Waals surface area contributed by atoms with Gasteiger partial charge in [0.25, 0.3) is 5.78 Å². The summed E-state index contributed by atoms with van der Waals surface area (Å²) in [5.41, 5.74) is -0.354. The fraction of sp³-hybridized carbons (Fsp3) is 0.429. The third kappa shape index (κ3) is 1.84. The Morgan fingerprint density at radius 3 is 2.71 bits per heavy atom. The Kier molecular flexibility index (Phi) is 2.75. The van der Waals surface area contributed by atoms with E-state index in [4.69, 9.17) is 0 Å². The van der Waals surface area contributed by atoms with Gasteiger partial charge in [-0.1, -0.05) is 0 Å². The normalized spacial score (nSPS) is 11.5. The van der Waals surface area contributed by atoms with Gasteiger partial charge in [0.2, 0.25) is 0 Å². The number of methoxy groups -OCH3 is 1. The second-order valence-corrected chi connectivity index (χ2v) is 2.99. The summed E-state index contributed by atoms with van der Waals surface area (Å²) in [5, 5.41) is -0.343. The molecule has 78 valence electrons. The zero-order valence-corrected chi connectivity index (χ0v) is 8.18. The second kappa shape index (κ2) is 3.53. The lowest BCUT2D eigenvalue weighted by atomic mass is 10.2. The zero-order chi connectivity index (χ0) is 10.9. The average molecular weight is 225 g/mol. The Hall–Kier alpha value is -1.17. The Bertz CT molecular complexity index is 359. The van der Waals surface area contributed by atoms with Crippen molar-refractivity contribution in [2.45, 2.75) is 5.38 Å². The highest BCUT2D eigenvalue weighted by Crippen LogP contribution is 2.28. The Balaban J connectivity index is 3.18. The smallest absolute Gasteiger partial charge is 0.386 e. The van der Waals surface area contributed by atoms with Crippen LogP contribution < -0.4 is 4.74 Å². The molecule has 0 unspecified atom stereocenters. The number of carbonyl (C=O) groups is 1. The highest BCUT2D eigenvalue weighted by atomic mass is 35.5. The summed E-state index contributed by atoms with van der Waals surface area (Å²) >= 11 is 4.60. The molecule has 0 aliphatic heterocycles. The van der Waals surface area contributed by atoms with Crippen molar-refractivity contribution in [3.05, 3.63) is 11.9 Å². The molecule has 0 amide bonds. The second-order valence-electron chi connectivity index (χ2n) is 2.51. The number of ether oxygens (including phenoxy) is 1. The first-order chi connectivity index (χ1) is 6.38. The number of aromatic nitrogens is 2. The lowest BCUT2D eigenvalue weighted by Gasteiger charge is -2.07. The Morgan fingerprint density at radius 2 is 2.29 bits per heavy atom. The van der Waals surface area contributed by atoms with E-state index in [-0.39, 0.29) is 11.4 Å². The molecule has 0 N–H and O–H groups in total. The number of nitrogens with zero attached hydrogens (tertiary/aromatic N) is 2. The molecule has 0 aromatic carbocycles. The Morgan fingerprint density at radius 1 is 1.71 bits per heavy atom. The molecule has 7 heteroatoms. The largest absolute Gasteiger partial charge is 0.493 e. The van der Waals surface area contributed by atoms with Crippen LogP contribution >= 0.6 is 11.6 Å². The molecule has 4 nitrogen and oxygen atoms in total. The number of hydrogen-bond donors (Lipinski definition) is 0. The predicted octanol–water partition coefficient (Wildman–Crippen LogP) is 1.44. The number of rotatable bonds is 3. The lowest BCUT2D eigenvalue weighted by Crippen LogP contribution is -2.24. The Labute approximate surface area is 83.4 Å². The van der Waals surface area contributed by atoms with Gasteiger partial charge in [-0.3, -0.25) is 9.48 Å².